The SMILES string of the molecule is CCc1c(CCl)nnn1-c1ccc(F)cc1. The van der Waals surface area contributed by atoms with Crippen LogP contribution in [0.1, 0.15) is 18.3 Å². The molecule has 0 radical (unpaired) electrons. The van der Waals surface area contributed by atoms with Crippen molar-refractivity contribution in [1.82, 2.24) is 15.0 Å². The predicted octanol–water partition coefficient (Wildman–Crippen LogP) is 2.71. The summed E-state index contributed by atoms with van der Waals surface area (Å²) in [5.41, 5.74) is 2.53. The van der Waals surface area contributed by atoms with Gasteiger partial charge in [-0.05, 0) is 30.7 Å². The molecule has 84 valence electrons. The summed E-state index contributed by atoms with van der Waals surface area (Å²) < 4.78 is 14.5. The Morgan fingerprint density at radius 1 is 1.31 bits per heavy atom. The molecule has 0 amide bonds. The van der Waals surface area contributed by atoms with Crippen LogP contribution >= 0.6 is 11.6 Å². The molecule has 0 fully saturated rings. The molecule has 0 aliphatic heterocycles. The summed E-state index contributed by atoms with van der Waals surface area (Å²) in [5.74, 6) is 0.0733. The molecule has 0 saturated carbocycles. The first-order valence-electron chi connectivity index (χ1n) is 5.01. The van der Waals surface area contributed by atoms with Crippen molar-refractivity contribution in [3.63, 3.8) is 0 Å². The Morgan fingerprint density at radius 3 is 2.56 bits per heavy atom. The van der Waals surface area contributed by atoms with Gasteiger partial charge < -0.3 is 0 Å². The fourth-order valence-electron chi connectivity index (χ4n) is 1.58. The fourth-order valence-corrected chi connectivity index (χ4v) is 1.79. The predicted molar refractivity (Wildman–Crippen MR) is 60.3 cm³/mol. The lowest BCUT2D eigenvalue weighted by Gasteiger charge is -2.04. The van der Waals surface area contributed by atoms with Gasteiger partial charge in [-0.1, -0.05) is 12.1 Å². The lowest BCUT2D eigenvalue weighted by molar-refractivity contribution is 0.626. The maximum Gasteiger partial charge on any atom is 0.123 e. The number of hydrogen-bond acceptors (Lipinski definition) is 2. The molecule has 5 heteroatoms. The van der Waals surface area contributed by atoms with Crippen LogP contribution in [0.5, 0.6) is 0 Å². The first-order valence-corrected chi connectivity index (χ1v) is 5.55. The number of hydrogen-bond donors (Lipinski definition) is 0. The van der Waals surface area contributed by atoms with Crippen LogP contribution in [0.15, 0.2) is 24.3 Å². The smallest absolute Gasteiger partial charge is 0.123 e. The van der Waals surface area contributed by atoms with Crippen molar-refractivity contribution in [2.45, 2.75) is 19.2 Å². The molecule has 2 aromatic rings. The Kier molecular flexibility index (Phi) is 3.19. The lowest BCUT2D eigenvalue weighted by atomic mass is 10.2. The molecule has 0 spiro atoms. The third-order valence-corrected chi connectivity index (χ3v) is 2.63. The van der Waals surface area contributed by atoms with E-state index in [4.69, 9.17) is 11.6 Å². The summed E-state index contributed by atoms with van der Waals surface area (Å²) in [4.78, 5) is 0. The topological polar surface area (TPSA) is 30.7 Å². The van der Waals surface area contributed by atoms with Gasteiger partial charge in [0.15, 0.2) is 0 Å². The minimum Gasteiger partial charge on any atom is -0.217 e. The highest BCUT2D eigenvalue weighted by Gasteiger charge is 2.11. The highest BCUT2D eigenvalue weighted by Crippen LogP contribution is 2.15. The highest BCUT2D eigenvalue weighted by molar-refractivity contribution is 6.16. The number of aromatic nitrogens is 3. The van der Waals surface area contributed by atoms with Crippen LogP contribution in [0, 0.1) is 5.82 Å². The van der Waals surface area contributed by atoms with Crippen LogP contribution < -0.4 is 0 Å². The number of nitrogens with zero attached hydrogens (tertiary/aromatic N) is 3. The molecule has 0 saturated heterocycles. The minimum absolute atomic E-state index is 0.264. The Labute approximate surface area is 97.8 Å². The largest absolute Gasteiger partial charge is 0.217 e. The minimum atomic E-state index is -0.264. The van der Waals surface area contributed by atoms with Gasteiger partial charge in [-0.2, -0.15) is 0 Å². The zero-order valence-electron chi connectivity index (χ0n) is 8.82. The average molecular weight is 240 g/mol. The Hall–Kier alpha value is -1.42. The molecule has 1 aromatic carbocycles. The summed E-state index contributed by atoms with van der Waals surface area (Å²) in [5, 5.41) is 8.01. The number of benzene rings is 1. The molecule has 0 aliphatic rings. The molecule has 16 heavy (non-hydrogen) atoms. The zero-order valence-corrected chi connectivity index (χ0v) is 9.58. The molecule has 0 unspecified atom stereocenters. The van der Waals surface area contributed by atoms with Gasteiger partial charge >= 0.3 is 0 Å². The number of halogens is 2. The van der Waals surface area contributed by atoms with Crippen molar-refractivity contribution in [3.05, 3.63) is 41.5 Å². The summed E-state index contributed by atoms with van der Waals surface area (Å²) in [6, 6.07) is 6.13. The van der Waals surface area contributed by atoms with Crippen molar-refractivity contribution in [2.24, 2.45) is 0 Å². The molecule has 1 heterocycles. The summed E-state index contributed by atoms with van der Waals surface area (Å²) in [6.07, 6.45) is 0.784. The quantitative estimate of drug-likeness (QED) is 0.771. The highest BCUT2D eigenvalue weighted by atomic mass is 35.5. The average Bonchev–Trinajstić information content (AvgIpc) is 2.72. The van der Waals surface area contributed by atoms with E-state index in [0.29, 0.717) is 5.88 Å². The van der Waals surface area contributed by atoms with Gasteiger partial charge in [0.25, 0.3) is 0 Å². The second kappa shape index (κ2) is 4.61. The van der Waals surface area contributed by atoms with Gasteiger partial charge in [0.2, 0.25) is 0 Å². The monoisotopic (exact) mass is 239 g/mol. The van der Waals surface area contributed by atoms with E-state index >= 15 is 0 Å². The standard InChI is InChI=1S/C11H11ClFN3/c1-2-11-10(7-12)14-15-16(11)9-5-3-8(13)4-6-9/h3-6H,2,7H2,1H3. The molecule has 3 nitrogen and oxygen atoms in total. The van der Waals surface area contributed by atoms with Crippen LogP contribution in [-0.2, 0) is 12.3 Å². The van der Waals surface area contributed by atoms with Crippen LogP contribution in [0.4, 0.5) is 4.39 Å². The molecule has 0 atom stereocenters. The first-order chi connectivity index (χ1) is 7.76. The van der Waals surface area contributed by atoms with Crippen molar-refractivity contribution >= 4 is 11.6 Å². The first kappa shape index (κ1) is 11.1. The molecule has 0 N–H and O–H groups in total. The van der Waals surface area contributed by atoms with Gasteiger partial charge in [0, 0.05) is 0 Å². The van der Waals surface area contributed by atoms with Crippen LogP contribution in [0.2, 0.25) is 0 Å². The molecular formula is C11H11ClFN3. The fraction of sp³-hybridized carbons (Fsp3) is 0.273. The van der Waals surface area contributed by atoms with E-state index in [1.807, 2.05) is 6.92 Å². The van der Waals surface area contributed by atoms with E-state index in [9.17, 15) is 4.39 Å². The third kappa shape index (κ3) is 1.93. The molecule has 0 bridgehead atoms. The Balaban J connectivity index is 2.47. The maximum atomic E-state index is 12.8. The third-order valence-electron chi connectivity index (χ3n) is 2.38. The van der Waals surface area contributed by atoms with E-state index in [-0.39, 0.29) is 5.82 Å². The van der Waals surface area contributed by atoms with Gasteiger partial charge in [0.1, 0.15) is 11.5 Å². The van der Waals surface area contributed by atoms with Gasteiger partial charge in [0.05, 0.1) is 17.3 Å². The van der Waals surface area contributed by atoms with E-state index in [0.717, 1.165) is 23.5 Å². The van der Waals surface area contributed by atoms with Crippen molar-refractivity contribution in [3.8, 4) is 5.69 Å². The number of rotatable bonds is 3. The maximum absolute atomic E-state index is 12.8. The molecular weight excluding hydrogens is 229 g/mol. The van der Waals surface area contributed by atoms with Gasteiger partial charge in [-0.15, -0.1) is 16.7 Å². The van der Waals surface area contributed by atoms with Crippen LogP contribution in [0.3, 0.4) is 0 Å². The van der Waals surface area contributed by atoms with Gasteiger partial charge in [-0.25, -0.2) is 9.07 Å². The van der Waals surface area contributed by atoms with E-state index < -0.39 is 0 Å². The van der Waals surface area contributed by atoms with Gasteiger partial charge in [-0.3, -0.25) is 0 Å². The van der Waals surface area contributed by atoms with E-state index in [1.54, 1.807) is 16.8 Å². The molecule has 1 aromatic heterocycles. The van der Waals surface area contributed by atoms with E-state index in [1.165, 1.54) is 12.1 Å². The van der Waals surface area contributed by atoms with Crippen molar-refractivity contribution in [2.75, 3.05) is 0 Å². The zero-order chi connectivity index (χ0) is 11.5. The number of alkyl halides is 1. The van der Waals surface area contributed by atoms with E-state index in [2.05, 4.69) is 10.3 Å². The summed E-state index contributed by atoms with van der Waals surface area (Å²) >= 11 is 5.76. The molecule has 2 rings (SSSR count). The Bertz CT molecular complexity index is 478. The van der Waals surface area contributed by atoms with Crippen molar-refractivity contribution < 1.29 is 4.39 Å². The summed E-state index contributed by atoms with van der Waals surface area (Å²) in [7, 11) is 0. The second-order valence-corrected chi connectivity index (χ2v) is 3.63. The normalized spacial score (nSPS) is 10.7. The lowest BCUT2D eigenvalue weighted by Crippen LogP contribution is -2.02. The van der Waals surface area contributed by atoms with Crippen molar-refractivity contribution in [1.29, 1.82) is 0 Å². The second-order valence-electron chi connectivity index (χ2n) is 3.36. The van der Waals surface area contributed by atoms with Crippen LogP contribution in [0.25, 0.3) is 5.69 Å². The Morgan fingerprint density at radius 2 is 2.00 bits per heavy atom. The molecule has 0 aliphatic carbocycles. The summed E-state index contributed by atoms with van der Waals surface area (Å²) in [6.45, 7) is 2.01. The van der Waals surface area contributed by atoms with Crippen LogP contribution in [-0.4, -0.2) is 15.0 Å².